The number of carbonyl (C=O) groups excluding carboxylic acids is 3. The third-order valence-corrected chi connectivity index (χ3v) is 3.26. The number of amides is 3. The van der Waals surface area contributed by atoms with Gasteiger partial charge in [0.25, 0.3) is 5.91 Å². The van der Waals surface area contributed by atoms with Gasteiger partial charge in [-0.25, -0.2) is 0 Å². The number of carbonyl (C=O) groups is 3. The van der Waals surface area contributed by atoms with Crippen molar-refractivity contribution in [2.45, 2.75) is 13.0 Å². The maximum atomic E-state index is 12.5. The van der Waals surface area contributed by atoms with Crippen molar-refractivity contribution >= 4 is 41.7 Å². The fourth-order valence-electron chi connectivity index (χ4n) is 2.05. The van der Waals surface area contributed by atoms with Gasteiger partial charge in [-0.3, -0.25) is 19.3 Å². The van der Waals surface area contributed by atoms with Gasteiger partial charge < -0.3 is 10.6 Å². The van der Waals surface area contributed by atoms with E-state index in [-0.39, 0.29) is 30.0 Å². The molecule has 0 aliphatic carbocycles. The highest BCUT2D eigenvalue weighted by molar-refractivity contribution is 7.80. The second kappa shape index (κ2) is 5.96. The van der Waals surface area contributed by atoms with Crippen LogP contribution in [0.4, 0.5) is 11.4 Å². The fourth-order valence-corrected chi connectivity index (χ4v) is 2.30. The Morgan fingerprint density at radius 2 is 2.15 bits per heavy atom. The number of hydrogen-bond acceptors (Lipinski definition) is 4. The summed E-state index contributed by atoms with van der Waals surface area (Å²) in [5.41, 5.74) is 1.20. The Labute approximate surface area is 121 Å². The standard InChI is InChI=1S/C13H15N3O3S/c1-8(17)14-10(7-20)13(19)16-6-12(18)15-9-4-2-3-5-11(9)16/h2-5,10,20H,6-7H2,1H3,(H,14,17)(H,15,18). The van der Waals surface area contributed by atoms with Crippen molar-refractivity contribution in [2.75, 3.05) is 22.5 Å². The Morgan fingerprint density at radius 3 is 2.80 bits per heavy atom. The molecule has 6 nitrogen and oxygen atoms in total. The van der Waals surface area contributed by atoms with Gasteiger partial charge in [0.1, 0.15) is 12.6 Å². The molecule has 1 heterocycles. The molecule has 1 aromatic rings. The fraction of sp³-hybridized carbons (Fsp3) is 0.308. The molecule has 0 saturated carbocycles. The lowest BCUT2D eigenvalue weighted by Crippen LogP contribution is -2.52. The number of nitrogens with zero attached hydrogens (tertiary/aromatic N) is 1. The summed E-state index contributed by atoms with van der Waals surface area (Å²) in [6, 6.07) is 6.27. The van der Waals surface area contributed by atoms with Crippen LogP contribution in [-0.2, 0) is 14.4 Å². The summed E-state index contributed by atoms with van der Waals surface area (Å²) < 4.78 is 0. The van der Waals surface area contributed by atoms with Gasteiger partial charge in [-0.05, 0) is 12.1 Å². The third kappa shape index (κ3) is 2.93. The van der Waals surface area contributed by atoms with E-state index in [1.807, 2.05) is 0 Å². The number of nitrogens with one attached hydrogen (secondary N) is 2. The molecule has 1 unspecified atom stereocenters. The molecule has 2 rings (SSSR count). The number of rotatable bonds is 3. The Bertz CT molecular complexity index is 562. The Balaban J connectivity index is 2.29. The average molecular weight is 293 g/mol. The maximum Gasteiger partial charge on any atom is 0.250 e. The van der Waals surface area contributed by atoms with E-state index in [2.05, 4.69) is 23.3 Å². The second-order valence-corrected chi connectivity index (χ2v) is 4.79. The van der Waals surface area contributed by atoms with Crippen molar-refractivity contribution in [3.8, 4) is 0 Å². The number of thiol groups is 1. The minimum absolute atomic E-state index is 0.0697. The Morgan fingerprint density at radius 1 is 1.45 bits per heavy atom. The summed E-state index contributed by atoms with van der Waals surface area (Å²) in [6.07, 6.45) is 0. The lowest BCUT2D eigenvalue weighted by Gasteiger charge is -2.31. The highest BCUT2D eigenvalue weighted by Crippen LogP contribution is 2.29. The van der Waals surface area contributed by atoms with E-state index in [9.17, 15) is 14.4 Å². The molecule has 0 spiro atoms. The summed E-state index contributed by atoms with van der Waals surface area (Å²) in [6.45, 7) is 1.26. The Kier molecular flexibility index (Phi) is 4.29. The quantitative estimate of drug-likeness (QED) is 0.706. The highest BCUT2D eigenvalue weighted by atomic mass is 32.1. The van der Waals surface area contributed by atoms with Crippen LogP contribution in [0.15, 0.2) is 24.3 Å². The SMILES string of the molecule is CC(=O)NC(CS)C(=O)N1CC(=O)Nc2ccccc21. The zero-order chi connectivity index (χ0) is 14.7. The van der Waals surface area contributed by atoms with Crippen LogP contribution in [0.25, 0.3) is 0 Å². The minimum atomic E-state index is -0.755. The molecule has 0 bridgehead atoms. The van der Waals surface area contributed by atoms with Crippen molar-refractivity contribution in [3.05, 3.63) is 24.3 Å². The summed E-state index contributed by atoms with van der Waals surface area (Å²) in [5, 5.41) is 5.24. The van der Waals surface area contributed by atoms with Crippen LogP contribution >= 0.6 is 12.6 Å². The number of para-hydroxylation sites is 2. The molecule has 20 heavy (non-hydrogen) atoms. The number of hydrogen-bond donors (Lipinski definition) is 3. The van der Waals surface area contributed by atoms with Crippen LogP contribution in [0.1, 0.15) is 6.92 Å². The summed E-state index contributed by atoms with van der Waals surface area (Å²) >= 11 is 4.08. The van der Waals surface area contributed by atoms with Gasteiger partial charge in [0.15, 0.2) is 0 Å². The summed E-state index contributed by atoms with van der Waals surface area (Å²) in [7, 11) is 0. The largest absolute Gasteiger partial charge is 0.344 e. The molecule has 1 atom stereocenters. The smallest absolute Gasteiger partial charge is 0.250 e. The Hall–Kier alpha value is -2.02. The van der Waals surface area contributed by atoms with E-state index in [0.717, 1.165) is 0 Å². The zero-order valence-corrected chi connectivity index (χ0v) is 11.8. The molecule has 0 saturated heterocycles. The zero-order valence-electron chi connectivity index (χ0n) is 10.9. The summed E-state index contributed by atoms with van der Waals surface area (Å²) in [4.78, 5) is 36.6. The number of fused-ring (bicyclic) bond motifs is 1. The van der Waals surface area contributed by atoms with Crippen molar-refractivity contribution in [1.82, 2.24) is 5.32 Å². The monoisotopic (exact) mass is 293 g/mol. The molecule has 7 heteroatoms. The normalized spacial score (nSPS) is 15.1. The first-order chi connectivity index (χ1) is 9.52. The van der Waals surface area contributed by atoms with Crippen molar-refractivity contribution in [2.24, 2.45) is 0 Å². The minimum Gasteiger partial charge on any atom is -0.344 e. The first-order valence-electron chi connectivity index (χ1n) is 6.11. The van der Waals surface area contributed by atoms with Gasteiger partial charge in [0, 0.05) is 12.7 Å². The van der Waals surface area contributed by atoms with Gasteiger partial charge >= 0.3 is 0 Å². The maximum absolute atomic E-state index is 12.5. The van der Waals surface area contributed by atoms with E-state index < -0.39 is 6.04 Å². The van der Waals surface area contributed by atoms with Crippen LogP contribution in [0.2, 0.25) is 0 Å². The van der Waals surface area contributed by atoms with E-state index in [1.54, 1.807) is 24.3 Å². The first kappa shape index (κ1) is 14.4. The predicted octanol–water partition coefficient (Wildman–Crippen LogP) is 0.406. The first-order valence-corrected chi connectivity index (χ1v) is 6.74. The molecule has 1 aliphatic rings. The van der Waals surface area contributed by atoms with Crippen LogP contribution in [0.5, 0.6) is 0 Å². The van der Waals surface area contributed by atoms with Crippen LogP contribution in [0, 0.1) is 0 Å². The lowest BCUT2D eigenvalue weighted by atomic mass is 10.1. The van der Waals surface area contributed by atoms with Crippen molar-refractivity contribution in [1.29, 1.82) is 0 Å². The van der Waals surface area contributed by atoms with E-state index in [1.165, 1.54) is 11.8 Å². The van der Waals surface area contributed by atoms with Gasteiger partial charge in [-0.1, -0.05) is 12.1 Å². The molecule has 1 aliphatic heterocycles. The average Bonchev–Trinajstić information content (AvgIpc) is 2.42. The molecule has 106 valence electrons. The number of benzene rings is 1. The van der Waals surface area contributed by atoms with Crippen LogP contribution < -0.4 is 15.5 Å². The van der Waals surface area contributed by atoms with Crippen molar-refractivity contribution < 1.29 is 14.4 Å². The van der Waals surface area contributed by atoms with Crippen molar-refractivity contribution in [3.63, 3.8) is 0 Å². The highest BCUT2D eigenvalue weighted by Gasteiger charge is 2.31. The van der Waals surface area contributed by atoms with Gasteiger partial charge in [-0.2, -0.15) is 12.6 Å². The molecule has 2 N–H and O–H groups in total. The van der Waals surface area contributed by atoms with Crippen LogP contribution in [-0.4, -0.2) is 36.1 Å². The molecular weight excluding hydrogens is 278 g/mol. The third-order valence-electron chi connectivity index (χ3n) is 2.89. The summed E-state index contributed by atoms with van der Waals surface area (Å²) in [5.74, 6) is -0.763. The van der Waals surface area contributed by atoms with Gasteiger partial charge in [0.05, 0.1) is 11.4 Å². The van der Waals surface area contributed by atoms with Gasteiger partial charge in [-0.15, -0.1) is 0 Å². The molecule has 1 aromatic carbocycles. The number of anilines is 2. The second-order valence-electron chi connectivity index (χ2n) is 4.43. The lowest BCUT2D eigenvalue weighted by molar-refractivity contribution is -0.126. The topological polar surface area (TPSA) is 78.5 Å². The van der Waals surface area contributed by atoms with Gasteiger partial charge in [0.2, 0.25) is 11.8 Å². The van der Waals surface area contributed by atoms with E-state index >= 15 is 0 Å². The molecule has 3 amide bonds. The van der Waals surface area contributed by atoms with E-state index in [4.69, 9.17) is 0 Å². The molecule has 0 aromatic heterocycles. The van der Waals surface area contributed by atoms with E-state index in [0.29, 0.717) is 11.4 Å². The molecule has 0 radical (unpaired) electrons. The molecular formula is C13H15N3O3S. The van der Waals surface area contributed by atoms with Crippen LogP contribution in [0.3, 0.4) is 0 Å². The predicted molar refractivity (Wildman–Crippen MR) is 78.9 cm³/mol. The molecule has 0 fully saturated rings.